The summed E-state index contributed by atoms with van der Waals surface area (Å²) < 4.78 is 12.0. The highest BCUT2D eigenvalue weighted by Gasteiger charge is 2.16. The van der Waals surface area contributed by atoms with Crippen LogP contribution in [0.2, 0.25) is 10.0 Å². The van der Waals surface area contributed by atoms with Crippen molar-refractivity contribution < 1.29 is 13.9 Å². The van der Waals surface area contributed by atoms with Gasteiger partial charge in [-0.25, -0.2) is 4.79 Å². The van der Waals surface area contributed by atoms with Gasteiger partial charge in [-0.05, 0) is 53.9 Å². The van der Waals surface area contributed by atoms with E-state index in [4.69, 9.17) is 32.4 Å². The second kappa shape index (κ2) is 9.14. The van der Waals surface area contributed by atoms with Crippen LogP contribution in [-0.2, 0) is 0 Å². The molecule has 0 unspecified atom stereocenters. The minimum absolute atomic E-state index is 0.120. The first-order valence-corrected chi connectivity index (χ1v) is 11.6. The average molecular weight is 555 g/mol. The van der Waals surface area contributed by atoms with Crippen LogP contribution in [0.3, 0.4) is 0 Å². The number of amides is 1. The van der Waals surface area contributed by atoms with Crippen molar-refractivity contribution in [2.45, 2.75) is 0 Å². The van der Waals surface area contributed by atoms with Gasteiger partial charge in [0.1, 0.15) is 22.6 Å². The van der Waals surface area contributed by atoms with E-state index >= 15 is 0 Å². The van der Waals surface area contributed by atoms with Crippen LogP contribution >= 0.6 is 39.1 Å². The highest BCUT2D eigenvalue weighted by Crippen LogP contribution is 2.38. The van der Waals surface area contributed by atoms with Crippen LogP contribution in [0.25, 0.3) is 21.7 Å². The lowest BCUT2D eigenvalue weighted by Crippen LogP contribution is -2.20. The van der Waals surface area contributed by atoms with Gasteiger partial charge < -0.3 is 14.5 Å². The van der Waals surface area contributed by atoms with Crippen LogP contribution in [0, 0.1) is 0 Å². The number of rotatable bonds is 4. The zero-order chi connectivity index (χ0) is 23.8. The fourth-order valence-corrected chi connectivity index (χ4v) is 4.39. The molecule has 4 aromatic carbocycles. The molecular formula is C26H14BrCl2NO4. The summed E-state index contributed by atoms with van der Waals surface area (Å²) >= 11 is 16.3. The molecule has 0 bridgehead atoms. The Hall–Kier alpha value is -3.32. The maximum absolute atomic E-state index is 12.7. The molecule has 5 aromatic rings. The first-order chi connectivity index (χ1) is 16.4. The van der Waals surface area contributed by atoms with E-state index in [0.717, 1.165) is 15.2 Å². The van der Waals surface area contributed by atoms with Crippen molar-refractivity contribution in [2.24, 2.45) is 0 Å². The van der Waals surface area contributed by atoms with Crippen molar-refractivity contribution in [3.05, 3.63) is 109 Å². The molecule has 8 heteroatoms. The van der Waals surface area contributed by atoms with E-state index in [2.05, 4.69) is 21.2 Å². The summed E-state index contributed by atoms with van der Waals surface area (Å²) in [4.78, 5) is 25.0. The van der Waals surface area contributed by atoms with E-state index in [1.165, 1.54) is 12.1 Å². The van der Waals surface area contributed by atoms with Crippen LogP contribution in [0.15, 0.2) is 92.5 Å². The molecule has 0 atom stereocenters. The SMILES string of the molecule is O=C(Nc1ccc(Oc2ccc3ccccc3c2Cl)c(Cl)c1)c1cc2cc(Br)ccc2oc1=O. The number of ether oxygens (including phenoxy) is 1. The highest BCUT2D eigenvalue weighted by molar-refractivity contribution is 9.10. The van der Waals surface area contributed by atoms with E-state index in [1.807, 2.05) is 30.3 Å². The second-order valence-electron chi connectivity index (χ2n) is 7.43. The number of carbonyl (C=O) groups excluding carboxylic acids is 1. The molecule has 5 nitrogen and oxygen atoms in total. The molecule has 0 radical (unpaired) electrons. The van der Waals surface area contributed by atoms with Gasteiger partial charge in [-0.15, -0.1) is 0 Å². The topological polar surface area (TPSA) is 68.5 Å². The van der Waals surface area contributed by atoms with Gasteiger partial charge in [0.15, 0.2) is 0 Å². The molecule has 5 rings (SSSR count). The monoisotopic (exact) mass is 553 g/mol. The summed E-state index contributed by atoms with van der Waals surface area (Å²) in [7, 11) is 0. The lowest BCUT2D eigenvalue weighted by atomic mass is 10.1. The molecular weight excluding hydrogens is 541 g/mol. The third kappa shape index (κ3) is 4.40. The zero-order valence-corrected chi connectivity index (χ0v) is 20.4. The lowest BCUT2D eigenvalue weighted by Gasteiger charge is -2.12. The molecule has 1 amide bonds. The van der Waals surface area contributed by atoms with E-state index in [-0.39, 0.29) is 10.6 Å². The van der Waals surface area contributed by atoms with Gasteiger partial charge in [0, 0.05) is 20.9 Å². The standard InChI is InChI=1S/C26H14BrCl2NO4/c27-16-6-9-21-15(11-16)12-19(26(32)34-21)25(31)30-17-7-10-22(20(28)13-17)33-23-8-5-14-3-1-2-4-18(14)24(23)29/h1-13H,(H,30,31). The molecule has 1 N–H and O–H groups in total. The summed E-state index contributed by atoms with van der Waals surface area (Å²) in [5.74, 6) is 0.212. The fraction of sp³-hybridized carbons (Fsp3) is 0. The van der Waals surface area contributed by atoms with Gasteiger partial charge in [0.2, 0.25) is 0 Å². The molecule has 0 fully saturated rings. The molecule has 0 saturated carbocycles. The molecule has 0 saturated heterocycles. The Labute approximate surface area is 212 Å². The van der Waals surface area contributed by atoms with Crippen LogP contribution in [0.1, 0.15) is 10.4 Å². The van der Waals surface area contributed by atoms with Gasteiger partial charge in [0.25, 0.3) is 5.91 Å². The number of hydrogen-bond acceptors (Lipinski definition) is 4. The summed E-state index contributed by atoms with van der Waals surface area (Å²) in [6.07, 6.45) is 0. The third-order valence-corrected chi connectivity index (χ3v) is 6.35. The Bertz CT molecular complexity index is 1650. The minimum Gasteiger partial charge on any atom is -0.454 e. The molecule has 0 spiro atoms. The smallest absolute Gasteiger partial charge is 0.349 e. The Kier molecular flexibility index (Phi) is 6.04. The number of halogens is 3. The Morgan fingerprint density at radius 3 is 2.50 bits per heavy atom. The predicted octanol–water partition coefficient (Wildman–Crippen LogP) is 8.06. The van der Waals surface area contributed by atoms with Gasteiger partial charge in [0.05, 0.1) is 10.0 Å². The second-order valence-corrected chi connectivity index (χ2v) is 9.13. The van der Waals surface area contributed by atoms with Gasteiger partial charge >= 0.3 is 5.63 Å². The molecule has 0 aliphatic heterocycles. The number of fused-ring (bicyclic) bond motifs is 2. The quantitative estimate of drug-likeness (QED) is 0.228. The Morgan fingerprint density at radius 1 is 0.882 bits per heavy atom. The van der Waals surface area contributed by atoms with Gasteiger partial charge in [-0.1, -0.05) is 69.5 Å². The first kappa shape index (κ1) is 22.5. The average Bonchev–Trinajstić information content (AvgIpc) is 2.82. The number of carbonyl (C=O) groups is 1. The number of anilines is 1. The Balaban J connectivity index is 1.39. The number of benzene rings is 4. The summed E-state index contributed by atoms with van der Waals surface area (Å²) in [5.41, 5.74) is -0.0725. The van der Waals surface area contributed by atoms with Crippen molar-refractivity contribution >= 4 is 72.5 Å². The third-order valence-electron chi connectivity index (χ3n) is 5.18. The van der Waals surface area contributed by atoms with Crippen LogP contribution < -0.4 is 15.7 Å². The van der Waals surface area contributed by atoms with Gasteiger partial charge in [-0.3, -0.25) is 4.79 Å². The summed E-state index contributed by atoms with van der Waals surface area (Å²) in [5, 5.41) is 5.88. The van der Waals surface area contributed by atoms with Crippen molar-refractivity contribution in [3.63, 3.8) is 0 Å². The van der Waals surface area contributed by atoms with Crippen molar-refractivity contribution in [1.29, 1.82) is 0 Å². The van der Waals surface area contributed by atoms with Crippen molar-refractivity contribution in [2.75, 3.05) is 5.32 Å². The first-order valence-electron chi connectivity index (χ1n) is 10.1. The van der Waals surface area contributed by atoms with Crippen molar-refractivity contribution in [3.8, 4) is 11.5 Å². The molecule has 1 aromatic heterocycles. The normalized spacial score (nSPS) is 11.0. The lowest BCUT2D eigenvalue weighted by molar-refractivity contribution is 0.102. The van der Waals surface area contributed by atoms with E-state index in [9.17, 15) is 9.59 Å². The summed E-state index contributed by atoms with van der Waals surface area (Å²) in [6.45, 7) is 0. The Morgan fingerprint density at radius 2 is 1.68 bits per heavy atom. The predicted molar refractivity (Wildman–Crippen MR) is 139 cm³/mol. The van der Waals surface area contributed by atoms with Crippen LogP contribution in [0.4, 0.5) is 5.69 Å². The van der Waals surface area contributed by atoms with E-state index in [1.54, 1.807) is 36.4 Å². The maximum atomic E-state index is 12.7. The molecule has 34 heavy (non-hydrogen) atoms. The molecule has 0 aliphatic rings. The highest BCUT2D eigenvalue weighted by atomic mass is 79.9. The molecule has 0 aliphatic carbocycles. The molecule has 168 valence electrons. The van der Waals surface area contributed by atoms with Gasteiger partial charge in [-0.2, -0.15) is 0 Å². The van der Waals surface area contributed by atoms with Crippen molar-refractivity contribution in [1.82, 2.24) is 0 Å². The molecule has 1 heterocycles. The van der Waals surface area contributed by atoms with Crippen LogP contribution in [0.5, 0.6) is 11.5 Å². The number of nitrogens with one attached hydrogen (secondary N) is 1. The van der Waals surface area contributed by atoms with Crippen LogP contribution in [-0.4, -0.2) is 5.91 Å². The van der Waals surface area contributed by atoms with E-state index < -0.39 is 11.5 Å². The summed E-state index contributed by atoms with van der Waals surface area (Å²) in [6, 6.07) is 22.8. The fourth-order valence-electron chi connectivity index (χ4n) is 3.52. The minimum atomic E-state index is -0.732. The zero-order valence-electron chi connectivity index (χ0n) is 17.3. The number of hydrogen-bond donors (Lipinski definition) is 1. The maximum Gasteiger partial charge on any atom is 0.349 e. The largest absolute Gasteiger partial charge is 0.454 e. The van der Waals surface area contributed by atoms with E-state index in [0.29, 0.717) is 33.2 Å².